The first kappa shape index (κ1) is 30.6. The van der Waals surface area contributed by atoms with Crippen LogP contribution in [0.5, 0.6) is 0 Å². The summed E-state index contributed by atoms with van der Waals surface area (Å²) in [7, 11) is 0. The number of nitrogens with one attached hydrogen (secondary N) is 4. The van der Waals surface area contributed by atoms with Crippen molar-refractivity contribution >= 4 is 52.3 Å². The Balaban J connectivity index is 2.13. The van der Waals surface area contributed by atoms with E-state index in [1.54, 1.807) is 6.20 Å². The molecule has 0 fully saturated rings. The third-order valence-electron chi connectivity index (χ3n) is 5.78. The first-order valence-corrected chi connectivity index (χ1v) is 13.2. The minimum atomic E-state index is -1.68. The molecule has 0 spiro atoms. The minimum absolute atomic E-state index is 0.189. The molecule has 1 aromatic carbocycles. The maximum atomic E-state index is 13.1. The van der Waals surface area contributed by atoms with Crippen LogP contribution in [0.15, 0.2) is 30.5 Å². The molecule has 10 N–H and O–H groups in total. The molecule has 1 aromatic heterocycles. The van der Waals surface area contributed by atoms with E-state index >= 15 is 0 Å². The largest absolute Gasteiger partial charge is 0.480 e. The monoisotopic (exact) mass is 550 g/mol. The maximum Gasteiger partial charge on any atom is 0.328 e. The fourth-order valence-corrected chi connectivity index (χ4v) is 4.21. The lowest BCUT2D eigenvalue weighted by atomic mass is 10.0. The Morgan fingerprint density at radius 3 is 2.26 bits per heavy atom. The van der Waals surface area contributed by atoms with Crippen molar-refractivity contribution in [1.29, 1.82) is 0 Å². The summed E-state index contributed by atoms with van der Waals surface area (Å²) in [5, 5.41) is 26.8. The molecule has 38 heavy (non-hydrogen) atoms. The van der Waals surface area contributed by atoms with E-state index in [9.17, 15) is 34.2 Å². The number of aliphatic hydroxyl groups excluding tert-OH is 1. The van der Waals surface area contributed by atoms with Crippen molar-refractivity contribution in [2.24, 2.45) is 11.5 Å². The fraction of sp³-hybridized carbons (Fsp3) is 0.458. The lowest BCUT2D eigenvalue weighted by molar-refractivity contribution is -0.145. The number of benzene rings is 1. The summed E-state index contributed by atoms with van der Waals surface area (Å²) in [6, 6.07) is 2.25. The molecule has 2 rings (SSSR count). The van der Waals surface area contributed by atoms with Crippen LogP contribution >= 0.6 is 11.8 Å². The number of rotatable bonds is 15. The SMILES string of the molecule is CSCC[C@H](NC(=O)[C@@H](N)Cc1c[nH]c2ccccc12)C(=O)N[C@@H](CC(N)=O)C(=O)N[C@H](C(=O)O)[C@@H](C)O. The third-order valence-corrected chi connectivity index (χ3v) is 6.42. The molecule has 0 aliphatic rings. The number of primary amides is 1. The van der Waals surface area contributed by atoms with Crippen LogP contribution < -0.4 is 27.4 Å². The molecule has 1 heterocycles. The third kappa shape index (κ3) is 8.75. The van der Waals surface area contributed by atoms with Crippen molar-refractivity contribution in [1.82, 2.24) is 20.9 Å². The molecule has 208 valence electrons. The van der Waals surface area contributed by atoms with Gasteiger partial charge in [-0.15, -0.1) is 0 Å². The predicted octanol–water partition coefficient (Wildman–Crippen LogP) is -1.41. The molecule has 0 unspecified atom stereocenters. The Kier molecular flexibility index (Phi) is 11.6. The topological polar surface area (TPSA) is 230 Å². The number of aromatic amines is 1. The Hall–Kier alpha value is -3.62. The van der Waals surface area contributed by atoms with Gasteiger partial charge in [0.1, 0.15) is 12.1 Å². The van der Waals surface area contributed by atoms with Crippen LogP contribution in [0, 0.1) is 0 Å². The van der Waals surface area contributed by atoms with Crippen LogP contribution in [0.25, 0.3) is 10.9 Å². The van der Waals surface area contributed by atoms with Gasteiger partial charge in [0.05, 0.1) is 18.6 Å². The van der Waals surface area contributed by atoms with Crippen LogP contribution in [0.2, 0.25) is 0 Å². The summed E-state index contributed by atoms with van der Waals surface area (Å²) in [5.74, 6) is -4.36. The van der Waals surface area contributed by atoms with Gasteiger partial charge in [0.25, 0.3) is 0 Å². The van der Waals surface area contributed by atoms with E-state index in [0.717, 1.165) is 23.4 Å². The van der Waals surface area contributed by atoms with Crippen LogP contribution in [0.4, 0.5) is 0 Å². The van der Waals surface area contributed by atoms with Crippen molar-refractivity contribution in [3.05, 3.63) is 36.0 Å². The molecular weight excluding hydrogens is 516 g/mol. The molecule has 5 atom stereocenters. The van der Waals surface area contributed by atoms with Gasteiger partial charge in [-0.3, -0.25) is 19.2 Å². The maximum absolute atomic E-state index is 13.1. The number of aliphatic carboxylic acids is 1. The van der Waals surface area contributed by atoms with Gasteiger partial charge < -0.3 is 42.6 Å². The average Bonchev–Trinajstić information content (AvgIpc) is 3.26. The molecule has 2 aromatic rings. The summed E-state index contributed by atoms with van der Waals surface area (Å²) in [6.07, 6.45) is 1.89. The first-order valence-electron chi connectivity index (χ1n) is 11.8. The number of hydrogen-bond acceptors (Lipinski definition) is 8. The van der Waals surface area contributed by atoms with Gasteiger partial charge in [0.15, 0.2) is 6.04 Å². The number of hydrogen-bond donors (Lipinski definition) is 8. The minimum Gasteiger partial charge on any atom is -0.480 e. The van der Waals surface area contributed by atoms with Crippen molar-refractivity contribution in [3.8, 4) is 0 Å². The van der Waals surface area contributed by atoms with Crippen LogP contribution in [-0.4, -0.2) is 87.1 Å². The normalized spacial score (nSPS) is 15.1. The van der Waals surface area contributed by atoms with Crippen molar-refractivity contribution in [2.75, 3.05) is 12.0 Å². The van der Waals surface area contributed by atoms with Crippen LogP contribution in [0.1, 0.15) is 25.3 Å². The smallest absolute Gasteiger partial charge is 0.328 e. The molecule has 4 amide bonds. The quantitative estimate of drug-likeness (QED) is 0.130. The van der Waals surface area contributed by atoms with E-state index < -0.39 is 66.3 Å². The highest BCUT2D eigenvalue weighted by Gasteiger charge is 2.32. The van der Waals surface area contributed by atoms with Gasteiger partial charge in [0.2, 0.25) is 23.6 Å². The Morgan fingerprint density at radius 1 is 1.03 bits per heavy atom. The second-order valence-electron chi connectivity index (χ2n) is 8.81. The molecule has 0 saturated carbocycles. The number of carboxylic acids is 1. The van der Waals surface area contributed by atoms with E-state index in [2.05, 4.69) is 20.9 Å². The average molecular weight is 551 g/mol. The molecular formula is C24H34N6O7S. The van der Waals surface area contributed by atoms with E-state index in [4.69, 9.17) is 11.5 Å². The lowest BCUT2D eigenvalue weighted by Gasteiger charge is -2.25. The number of H-pyrrole nitrogens is 1. The highest BCUT2D eigenvalue weighted by molar-refractivity contribution is 7.98. The molecule has 14 heteroatoms. The second kappa shape index (κ2) is 14.4. The van der Waals surface area contributed by atoms with Crippen molar-refractivity contribution < 1.29 is 34.2 Å². The van der Waals surface area contributed by atoms with E-state index in [0.29, 0.717) is 5.75 Å². The summed E-state index contributed by atoms with van der Waals surface area (Å²) in [4.78, 5) is 64.6. The zero-order valence-corrected chi connectivity index (χ0v) is 21.9. The number of aliphatic hydroxyl groups is 1. The predicted molar refractivity (Wildman–Crippen MR) is 142 cm³/mol. The van der Waals surface area contributed by atoms with Gasteiger partial charge in [-0.05, 0) is 43.4 Å². The van der Waals surface area contributed by atoms with Gasteiger partial charge in [-0.2, -0.15) is 11.8 Å². The van der Waals surface area contributed by atoms with Crippen molar-refractivity contribution in [2.45, 2.75) is 56.5 Å². The van der Waals surface area contributed by atoms with E-state index in [-0.39, 0.29) is 12.8 Å². The molecule has 13 nitrogen and oxygen atoms in total. The van der Waals surface area contributed by atoms with Crippen LogP contribution in [0.3, 0.4) is 0 Å². The zero-order chi connectivity index (χ0) is 28.4. The summed E-state index contributed by atoms with van der Waals surface area (Å²) < 4.78 is 0. The van der Waals surface area contributed by atoms with Gasteiger partial charge in [-0.25, -0.2) is 4.79 Å². The number of amides is 4. The Bertz CT molecular complexity index is 1150. The van der Waals surface area contributed by atoms with E-state index in [1.807, 2.05) is 30.5 Å². The molecule has 0 bridgehead atoms. The number of aromatic nitrogens is 1. The van der Waals surface area contributed by atoms with Crippen molar-refractivity contribution in [3.63, 3.8) is 0 Å². The highest BCUT2D eigenvalue weighted by atomic mass is 32.2. The molecule has 0 aliphatic carbocycles. The second-order valence-corrected chi connectivity index (χ2v) is 9.80. The van der Waals surface area contributed by atoms with Gasteiger partial charge in [-0.1, -0.05) is 18.2 Å². The first-order chi connectivity index (χ1) is 17.9. The number of carbonyl (C=O) groups excluding carboxylic acids is 4. The Morgan fingerprint density at radius 2 is 1.66 bits per heavy atom. The number of fused-ring (bicyclic) bond motifs is 1. The molecule has 0 aliphatic heterocycles. The summed E-state index contributed by atoms with van der Waals surface area (Å²) in [6.45, 7) is 1.16. The fourth-order valence-electron chi connectivity index (χ4n) is 3.74. The van der Waals surface area contributed by atoms with Gasteiger partial charge >= 0.3 is 5.97 Å². The standard InChI is InChI=1S/C24H34N6O7S/c1-12(31)20(24(36)37)30-23(35)18(10-19(26)32)29-22(34)17(7-8-38-2)28-21(33)15(25)9-13-11-27-16-6-4-3-5-14(13)16/h3-6,11-12,15,17-18,20,27,31H,7-10,25H2,1-2H3,(H2,26,32)(H,28,33)(H,29,34)(H,30,35)(H,36,37)/t12-,15+,17+,18+,20+/m1/s1. The summed E-state index contributed by atoms with van der Waals surface area (Å²) in [5.41, 5.74) is 13.1. The number of carboxylic acid groups (broad SMARTS) is 1. The molecule has 0 saturated heterocycles. The van der Waals surface area contributed by atoms with Gasteiger partial charge in [0, 0.05) is 17.1 Å². The van der Waals surface area contributed by atoms with E-state index in [1.165, 1.54) is 11.8 Å². The zero-order valence-electron chi connectivity index (χ0n) is 21.1. The number of thioether (sulfide) groups is 1. The number of para-hydroxylation sites is 1. The summed E-state index contributed by atoms with van der Waals surface area (Å²) >= 11 is 1.43. The number of carbonyl (C=O) groups is 5. The Labute approximate surface area is 223 Å². The van der Waals surface area contributed by atoms with Crippen LogP contribution in [-0.2, 0) is 30.4 Å². The highest BCUT2D eigenvalue weighted by Crippen LogP contribution is 2.19. The lowest BCUT2D eigenvalue weighted by Crippen LogP contribution is -2.59. The molecule has 0 radical (unpaired) electrons. The number of nitrogens with two attached hydrogens (primary N) is 2.